The Morgan fingerprint density at radius 2 is 1.70 bits per heavy atom. The van der Waals surface area contributed by atoms with E-state index in [1.165, 1.54) is 11.1 Å². The van der Waals surface area contributed by atoms with Gasteiger partial charge in [-0.2, -0.15) is 0 Å². The highest BCUT2D eigenvalue weighted by molar-refractivity contribution is 7.13. The molecule has 0 radical (unpaired) electrons. The Kier molecular flexibility index (Phi) is 5.30. The summed E-state index contributed by atoms with van der Waals surface area (Å²) in [6.07, 6.45) is 2.77. The Morgan fingerprint density at radius 3 is 2.30 bits per heavy atom. The normalized spacial score (nSPS) is 14.5. The van der Waals surface area contributed by atoms with Gasteiger partial charge in [-0.3, -0.25) is 0 Å². The fraction of sp³-hybridized carbons (Fsp3) is 0.458. The molecule has 4 rings (SSSR count). The molecule has 1 aromatic carbocycles. The number of rotatable bonds is 3. The van der Waals surface area contributed by atoms with Crippen molar-refractivity contribution in [2.45, 2.75) is 65.3 Å². The topological polar surface area (TPSA) is 53.9 Å². The minimum Gasteiger partial charge on any atom is -0.342 e. The van der Waals surface area contributed by atoms with Gasteiger partial charge in [0, 0.05) is 34.8 Å². The number of hydrogen-bond donors (Lipinski definition) is 1. The van der Waals surface area contributed by atoms with Crippen molar-refractivity contribution in [1.82, 2.24) is 15.0 Å². The van der Waals surface area contributed by atoms with Gasteiger partial charge in [-0.25, -0.2) is 15.0 Å². The summed E-state index contributed by atoms with van der Waals surface area (Å²) >= 11 is 1.68. The minimum atomic E-state index is -0.120. The van der Waals surface area contributed by atoms with Crippen LogP contribution in [0.2, 0.25) is 0 Å². The summed E-state index contributed by atoms with van der Waals surface area (Å²) in [6, 6.07) is 8.70. The molecule has 158 valence electrons. The fourth-order valence-corrected chi connectivity index (χ4v) is 4.26. The largest absolute Gasteiger partial charge is 0.342 e. The molecule has 0 spiro atoms. The lowest BCUT2D eigenvalue weighted by Gasteiger charge is -2.30. The highest BCUT2D eigenvalue weighted by atomic mass is 32.1. The molecule has 6 heteroatoms. The van der Waals surface area contributed by atoms with Crippen molar-refractivity contribution in [3.63, 3.8) is 0 Å². The zero-order chi connectivity index (χ0) is 21.5. The van der Waals surface area contributed by atoms with Gasteiger partial charge >= 0.3 is 0 Å². The number of fused-ring (bicyclic) bond motifs is 1. The molecule has 0 unspecified atom stereocenters. The number of nitrogens with zero attached hydrogens (tertiary/aromatic N) is 4. The van der Waals surface area contributed by atoms with Gasteiger partial charge in [-0.15, -0.1) is 11.3 Å². The quantitative estimate of drug-likeness (QED) is 0.576. The van der Waals surface area contributed by atoms with E-state index < -0.39 is 0 Å². The van der Waals surface area contributed by atoms with Crippen LogP contribution in [-0.4, -0.2) is 21.5 Å². The summed E-state index contributed by atoms with van der Waals surface area (Å²) in [5.74, 6) is 1.81. The molecule has 0 saturated heterocycles. The predicted molar refractivity (Wildman–Crippen MR) is 126 cm³/mol. The summed E-state index contributed by atoms with van der Waals surface area (Å²) < 4.78 is 0. The van der Waals surface area contributed by atoms with Gasteiger partial charge in [-0.05, 0) is 29.5 Å². The van der Waals surface area contributed by atoms with Crippen LogP contribution in [0.1, 0.15) is 64.2 Å². The van der Waals surface area contributed by atoms with Crippen LogP contribution in [0, 0.1) is 0 Å². The van der Waals surface area contributed by atoms with Gasteiger partial charge in [0.05, 0.1) is 12.2 Å². The van der Waals surface area contributed by atoms with Crippen molar-refractivity contribution in [3.8, 4) is 0 Å². The van der Waals surface area contributed by atoms with Gasteiger partial charge in [0.25, 0.3) is 0 Å². The highest BCUT2D eigenvalue weighted by Crippen LogP contribution is 2.32. The van der Waals surface area contributed by atoms with E-state index in [1.807, 2.05) is 11.6 Å². The molecule has 0 amide bonds. The maximum atomic E-state index is 4.98. The number of benzene rings is 1. The molecule has 0 aliphatic carbocycles. The summed E-state index contributed by atoms with van der Waals surface area (Å²) in [6.45, 7) is 14.9. The van der Waals surface area contributed by atoms with Gasteiger partial charge < -0.3 is 10.2 Å². The van der Waals surface area contributed by atoms with E-state index in [-0.39, 0.29) is 10.8 Å². The van der Waals surface area contributed by atoms with Crippen LogP contribution in [0.5, 0.6) is 0 Å². The first-order valence-electron chi connectivity index (χ1n) is 10.5. The van der Waals surface area contributed by atoms with Crippen molar-refractivity contribution in [2.24, 2.45) is 0 Å². The first-order chi connectivity index (χ1) is 14.1. The SMILES string of the molecule is CC(C)(C)c1ccc(Nc2nc(C(C)(C)C)nc3c2CCN(c2nccs2)C3)cc1. The van der Waals surface area contributed by atoms with E-state index in [0.717, 1.165) is 47.7 Å². The van der Waals surface area contributed by atoms with Crippen LogP contribution >= 0.6 is 11.3 Å². The number of anilines is 3. The second-order valence-corrected chi connectivity index (χ2v) is 10.9. The highest BCUT2D eigenvalue weighted by Gasteiger charge is 2.27. The summed E-state index contributed by atoms with van der Waals surface area (Å²) in [7, 11) is 0. The van der Waals surface area contributed by atoms with Crippen molar-refractivity contribution in [1.29, 1.82) is 0 Å². The molecule has 1 aliphatic heterocycles. The second kappa shape index (κ2) is 7.65. The molecule has 0 fully saturated rings. The third-order valence-corrected chi connectivity index (χ3v) is 6.27. The first kappa shape index (κ1) is 20.8. The third-order valence-electron chi connectivity index (χ3n) is 5.44. The van der Waals surface area contributed by atoms with Gasteiger partial charge in [-0.1, -0.05) is 53.7 Å². The average Bonchev–Trinajstić information content (AvgIpc) is 3.21. The number of aromatic nitrogens is 3. The summed E-state index contributed by atoms with van der Waals surface area (Å²) in [4.78, 5) is 16.7. The predicted octanol–water partition coefficient (Wildman–Crippen LogP) is 5.83. The molecule has 0 atom stereocenters. The van der Waals surface area contributed by atoms with E-state index in [1.54, 1.807) is 11.3 Å². The van der Waals surface area contributed by atoms with Crippen molar-refractivity contribution in [3.05, 3.63) is 58.5 Å². The zero-order valence-corrected chi connectivity index (χ0v) is 19.6. The number of hydrogen-bond acceptors (Lipinski definition) is 6. The van der Waals surface area contributed by atoms with Crippen molar-refractivity contribution in [2.75, 3.05) is 16.8 Å². The maximum absolute atomic E-state index is 4.98. The molecular weight excluding hydrogens is 390 g/mol. The Balaban J connectivity index is 1.68. The number of thiazole rings is 1. The van der Waals surface area contributed by atoms with Crippen LogP contribution in [0.3, 0.4) is 0 Å². The molecule has 2 aromatic heterocycles. The van der Waals surface area contributed by atoms with Crippen LogP contribution in [0.15, 0.2) is 35.8 Å². The van der Waals surface area contributed by atoms with Crippen molar-refractivity contribution < 1.29 is 0 Å². The fourth-order valence-electron chi connectivity index (χ4n) is 3.59. The van der Waals surface area contributed by atoms with Crippen molar-refractivity contribution >= 4 is 28.0 Å². The Hall–Kier alpha value is -2.47. The molecule has 0 saturated carbocycles. The average molecular weight is 422 g/mol. The molecule has 3 aromatic rings. The van der Waals surface area contributed by atoms with Gasteiger partial charge in [0.15, 0.2) is 5.13 Å². The molecule has 30 heavy (non-hydrogen) atoms. The minimum absolute atomic E-state index is 0.120. The van der Waals surface area contributed by atoms with Crippen LogP contribution < -0.4 is 10.2 Å². The lowest BCUT2D eigenvalue weighted by Crippen LogP contribution is -2.33. The van der Waals surface area contributed by atoms with E-state index >= 15 is 0 Å². The van der Waals surface area contributed by atoms with E-state index in [4.69, 9.17) is 9.97 Å². The molecule has 1 aliphatic rings. The Bertz CT molecular complexity index is 1010. The lowest BCUT2D eigenvalue weighted by atomic mass is 9.87. The van der Waals surface area contributed by atoms with E-state index in [9.17, 15) is 0 Å². The third kappa shape index (κ3) is 4.33. The van der Waals surface area contributed by atoms with E-state index in [2.05, 4.69) is 81.0 Å². The smallest absolute Gasteiger partial charge is 0.185 e. The van der Waals surface area contributed by atoms with Gasteiger partial charge in [0.1, 0.15) is 11.6 Å². The maximum Gasteiger partial charge on any atom is 0.185 e. The van der Waals surface area contributed by atoms with Gasteiger partial charge in [0.2, 0.25) is 0 Å². The summed E-state index contributed by atoms with van der Waals surface area (Å²) in [5.41, 5.74) is 4.73. The first-order valence-corrected chi connectivity index (χ1v) is 11.4. The van der Waals surface area contributed by atoms with Crippen LogP contribution in [-0.2, 0) is 23.8 Å². The van der Waals surface area contributed by atoms with E-state index in [0.29, 0.717) is 0 Å². The molecule has 1 N–H and O–H groups in total. The molecule has 3 heterocycles. The molecular formula is C24H31N5S. The molecule has 5 nitrogen and oxygen atoms in total. The monoisotopic (exact) mass is 421 g/mol. The molecule has 0 bridgehead atoms. The van der Waals surface area contributed by atoms with Crippen LogP contribution in [0.4, 0.5) is 16.6 Å². The second-order valence-electron chi connectivity index (χ2n) is 10.0. The lowest BCUT2D eigenvalue weighted by molar-refractivity contribution is 0.536. The standard InChI is InChI=1S/C24H31N5S/c1-23(2,3)16-7-9-17(10-8-16)26-20-18-11-13-29(22-25-12-14-30-22)15-19(18)27-21(28-20)24(4,5)6/h7-10,12,14H,11,13,15H2,1-6H3,(H,26,27,28). The Morgan fingerprint density at radius 1 is 0.967 bits per heavy atom. The summed E-state index contributed by atoms with van der Waals surface area (Å²) in [5, 5.41) is 6.68. The zero-order valence-electron chi connectivity index (χ0n) is 18.8. The Labute approximate surface area is 183 Å². The van der Waals surface area contributed by atoms with Crippen LogP contribution in [0.25, 0.3) is 0 Å². The number of nitrogens with one attached hydrogen (secondary N) is 1.